The maximum absolute atomic E-state index is 14.2. The lowest BCUT2D eigenvalue weighted by molar-refractivity contribution is -0.144. The van der Waals surface area contributed by atoms with Crippen molar-refractivity contribution < 1.29 is 81.7 Å². The van der Waals surface area contributed by atoms with Crippen LogP contribution >= 0.6 is 7.82 Å². The van der Waals surface area contributed by atoms with Crippen molar-refractivity contribution in [2.24, 2.45) is 16.8 Å². The topological polar surface area (TPSA) is 418 Å². The number of carboxylic acids is 2. The predicted octanol–water partition coefficient (Wildman–Crippen LogP) is 1.68. The monoisotopic (exact) mass is 1050 g/mol. The van der Waals surface area contributed by atoms with Crippen LogP contribution < -0.4 is 42.2 Å². The summed E-state index contributed by atoms with van der Waals surface area (Å²) in [6.45, 7) is 6.42. The zero-order valence-electron chi connectivity index (χ0n) is 40.7. The van der Waals surface area contributed by atoms with Crippen LogP contribution in [0.1, 0.15) is 77.2 Å². The molecular weight excluding hydrogens is 984 g/mol. The summed E-state index contributed by atoms with van der Waals surface area (Å²) < 4.78 is 32.2. The number of nitrogens with zero attached hydrogens (tertiary/aromatic N) is 3. The van der Waals surface area contributed by atoms with Gasteiger partial charge in [0.25, 0.3) is 0 Å². The first-order chi connectivity index (χ1) is 34.7. The third kappa shape index (κ3) is 27.6. The van der Waals surface area contributed by atoms with Crippen molar-refractivity contribution in [2.75, 3.05) is 58.0 Å². The third-order valence-electron chi connectivity index (χ3n) is 10.5. The SMILES string of the molecule is CCC(C)[C@H](NC(=O)[C@H](CCC(=O)O)NC(=O)[C@H](CCC(=O)Nc1ccc(N=[N+]=[N-])cc1)NC(=O)[C@H](Cc1ccc(OP(=O)(O)O)cc1)NC(=O)CCC(=O)NCCCOCCOCCOCCCN)C(=O)O. The van der Waals surface area contributed by atoms with E-state index in [0.29, 0.717) is 64.6 Å². The standard InChI is InChI=1S/C45H67N10O17P/c1-3-29(2)41(45(64)65)53-43(62)35(15-19-40(59)60)51-42(61)34(14-16-38(57)49-31-8-10-32(11-9-31)54-55-47)52-44(63)36(28-30-6-12-33(13-7-30)72-73(66,67)68)50-39(58)18-17-37(56)48-21-5-23-70-25-27-71-26-24-69-22-4-20-46/h6-13,29,34-36,41H,3-5,14-28,46H2,1-2H3,(H,48,56)(H,49,57)(H,50,58)(H,51,61)(H,52,63)(H,53,62)(H,59,60)(H,64,65)(H2,66,67,68)/t29?,34-,35-,36-,41-/m0/s1. The molecule has 0 aromatic heterocycles. The molecule has 5 atom stereocenters. The highest BCUT2D eigenvalue weighted by Gasteiger charge is 2.33. The van der Waals surface area contributed by atoms with Crippen LogP contribution in [0, 0.1) is 5.92 Å². The fourth-order valence-electron chi connectivity index (χ4n) is 6.43. The van der Waals surface area contributed by atoms with Gasteiger partial charge in [0.15, 0.2) is 0 Å². The number of phosphoric acid groups is 1. The van der Waals surface area contributed by atoms with E-state index < -0.39 is 117 Å². The highest BCUT2D eigenvalue weighted by atomic mass is 31.2. The molecule has 0 saturated carbocycles. The van der Waals surface area contributed by atoms with Crippen LogP contribution in [0.4, 0.5) is 11.4 Å². The van der Waals surface area contributed by atoms with E-state index in [2.05, 4.69) is 46.5 Å². The van der Waals surface area contributed by atoms with Gasteiger partial charge in [0.2, 0.25) is 35.4 Å². The van der Waals surface area contributed by atoms with Gasteiger partial charge in [-0.2, -0.15) is 0 Å². The van der Waals surface area contributed by atoms with Gasteiger partial charge in [-0.3, -0.25) is 43.3 Å². The van der Waals surface area contributed by atoms with Gasteiger partial charge < -0.3 is 66.6 Å². The molecular formula is C45H67N10O17P. The number of benzene rings is 2. The molecule has 6 amide bonds. The number of anilines is 1. The van der Waals surface area contributed by atoms with E-state index in [4.69, 9.17) is 25.5 Å². The molecule has 1 unspecified atom stereocenters. The second-order valence-corrected chi connectivity index (χ2v) is 17.5. The summed E-state index contributed by atoms with van der Waals surface area (Å²) in [5, 5.41) is 37.7. The molecule has 12 N–H and O–H groups in total. The number of hydrogen-bond acceptors (Lipinski definition) is 15. The van der Waals surface area contributed by atoms with Crippen molar-refractivity contribution in [3.8, 4) is 5.75 Å². The Kier molecular flexibility index (Phi) is 29.6. The number of carbonyl (C=O) groups excluding carboxylic acids is 6. The number of phosphoric ester groups is 1. The van der Waals surface area contributed by atoms with E-state index in [1.807, 2.05) is 0 Å². The Morgan fingerprint density at radius 3 is 1.79 bits per heavy atom. The van der Waals surface area contributed by atoms with Gasteiger partial charge >= 0.3 is 19.8 Å². The van der Waals surface area contributed by atoms with Crippen molar-refractivity contribution in [2.45, 2.75) is 102 Å². The molecule has 0 aliphatic rings. The summed E-state index contributed by atoms with van der Waals surface area (Å²) in [5.74, 6) is -8.65. The third-order valence-corrected chi connectivity index (χ3v) is 11.0. The normalized spacial score (nSPS) is 13.1. The zero-order chi connectivity index (χ0) is 54.2. The first-order valence-corrected chi connectivity index (χ1v) is 24.9. The van der Waals surface area contributed by atoms with Crippen molar-refractivity contribution in [3.05, 3.63) is 64.5 Å². The van der Waals surface area contributed by atoms with Crippen molar-refractivity contribution in [3.63, 3.8) is 0 Å². The second kappa shape index (κ2) is 34.6. The highest BCUT2D eigenvalue weighted by Crippen LogP contribution is 2.37. The fraction of sp³-hybridized carbons (Fsp3) is 0.556. The number of ether oxygens (including phenoxy) is 3. The van der Waals surface area contributed by atoms with Crippen LogP contribution in [0.5, 0.6) is 5.75 Å². The summed E-state index contributed by atoms with van der Waals surface area (Å²) in [4.78, 5) is 126. The first kappa shape index (κ1) is 62.4. The molecule has 0 radical (unpaired) electrons. The molecule has 73 heavy (non-hydrogen) atoms. The molecule has 2 aromatic carbocycles. The van der Waals surface area contributed by atoms with Crippen LogP contribution in [0.3, 0.4) is 0 Å². The number of carboxylic acid groups (broad SMARTS) is 2. The summed E-state index contributed by atoms with van der Waals surface area (Å²) in [6.07, 6.45) is -1.57. The molecule has 0 heterocycles. The quantitative estimate of drug-likeness (QED) is 0.0150. The second-order valence-electron chi connectivity index (χ2n) is 16.3. The minimum atomic E-state index is -4.94. The predicted molar refractivity (Wildman–Crippen MR) is 261 cm³/mol. The average molecular weight is 1050 g/mol. The molecule has 0 fully saturated rings. The minimum Gasteiger partial charge on any atom is -0.481 e. The van der Waals surface area contributed by atoms with Crippen LogP contribution in [0.25, 0.3) is 10.4 Å². The van der Waals surface area contributed by atoms with E-state index in [1.165, 1.54) is 48.5 Å². The van der Waals surface area contributed by atoms with E-state index >= 15 is 0 Å². The first-order valence-electron chi connectivity index (χ1n) is 23.4. The number of nitrogens with two attached hydrogens (primary N) is 1. The average Bonchev–Trinajstić information content (AvgIpc) is 3.34. The van der Waals surface area contributed by atoms with Gasteiger partial charge in [-0.05, 0) is 73.5 Å². The maximum atomic E-state index is 14.2. The highest BCUT2D eigenvalue weighted by molar-refractivity contribution is 7.46. The van der Waals surface area contributed by atoms with Crippen molar-refractivity contribution in [1.82, 2.24) is 26.6 Å². The fourth-order valence-corrected chi connectivity index (χ4v) is 6.83. The molecule has 0 aliphatic heterocycles. The number of azide groups is 1. The lowest BCUT2D eigenvalue weighted by atomic mass is 9.98. The van der Waals surface area contributed by atoms with Gasteiger partial charge in [-0.25, -0.2) is 9.36 Å². The lowest BCUT2D eigenvalue weighted by Crippen LogP contribution is -2.58. The summed E-state index contributed by atoms with van der Waals surface area (Å²) >= 11 is 0. The Morgan fingerprint density at radius 2 is 1.25 bits per heavy atom. The molecule has 27 nitrogen and oxygen atoms in total. The molecule has 0 bridgehead atoms. The Morgan fingerprint density at radius 1 is 0.699 bits per heavy atom. The maximum Gasteiger partial charge on any atom is 0.524 e. The van der Waals surface area contributed by atoms with E-state index in [9.17, 15) is 62.9 Å². The molecule has 2 rings (SSSR count). The molecule has 0 saturated heterocycles. The molecule has 404 valence electrons. The van der Waals surface area contributed by atoms with Gasteiger partial charge in [0.1, 0.15) is 29.9 Å². The zero-order valence-corrected chi connectivity index (χ0v) is 41.6. The number of rotatable bonds is 38. The Bertz CT molecular complexity index is 2190. The van der Waals surface area contributed by atoms with E-state index in [0.717, 1.165) is 6.42 Å². The van der Waals surface area contributed by atoms with E-state index in [-0.39, 0.29) is 36.5 Å². The van der Waals surface area contributed by atoms with Gasteiger partial charge in [0, 0.05) is 68.1 Å². The van der Waals surface area contributed by atoms with Crippen LogP contribution in [-0.2, 0) is 63.6 Å². The van der Waals surface area contributed by atoms with Crippen LogP contribution in [0.15, 0.2) is 53.6 Å². The number of aliphatic carboxylic acids is 2. The Hall–Kier alpha value is -6.70. The minimum absolute atomic E-state index is 0.227. The smallest absolute Gasteiger partial charge is 0.481 e. The van der Waals surface area contributed by atoms with Gasteiger partial charge in [0.05, 0.1) is 26.4 Å². The lowest BCUT2D eigenvalue weighted by Gasteiger charge is -2.27. The Labute approximate surface area is 421 Å². The molecule has 0 aliphatic carbocycles. The van der Waals surface area contributed by atoms with E-state index in [1.54, 1.807) is 13.8 Å². The molecule has 2 aromatic rings. The van der Waals surface area contributed by atoms with Gasteiger partial charge in [-0.15, -0.1) is 0 Å². The Balaban J connectivity index is 2.30. The van der Waals surface area contributed by atoms with Crippen molar-refractivity contribution in [1.29, 1.82) is 0 Å². The number of amides is 6. The summed E-state index contributed by atoms with van der Waals surface area (Å²) in [6, 6.07) is 4.50. The summed E-state index contributed by atoms with van der Waals surface area (Å²) in [7, 11) is -4.94. The number of nitrogens with one attached hydrogen (secondary N) is 6. The largest absolute Gasteiger partial charge is 0.524 e. The van der Waals surface area contributed by atoms with Crippen LogP contribution in [0.2, 0.25) is 0 Å². The number of carbonyl (C=O) groups is 8. The van der Waals surface area contributed by atoms with Crippen molar-refractivity contribution >= 4 is 66.6 Å². The number of hydrogen-bond donors (Lipinski definition) is 11. The molecule has 28 heteroatoms. The van der Waals surface area contributed by atoms with Crippen LogP contribution in [-0.4, -0.2) is 144 Å². The molecule has 0 spiro atoms. The van der Waals surface area contributed by atoms with Gasteiger partial charge in [-0.1, -0.05) is 49.6 Å². The summed E-state index contributed by atoms with van der Waals surface area (Å²) in [5.41, 5.74) is 14.9.